The van der Waals surface area contributed by atoms with E-state index in [0.29, 0.717) is 13.1 Å². The molecule has 148 valence electrons. The van der Waals surface area contributed by atoms with Crippen molar-refractivity contribution in [2.45, 2.75) is 34.1 Å². The molecule has 5 heteroatoms. The number of hydrogen-bond donors (Lipinski definition) is 1. The second-order valence-electron chi connectivity index (χ2n) is 7.69. The van der Waals surface area contributed by atoms with E-state index in [1.165, 1.54) is 16.8 Å². The molecule has 5 nitrogen and oxygen atoms in total. The molecule has 2 aromatic rings. The molecule has 1 aliphatic rings. The van der Waals surface area contributed by atoms with Crippen molar-refractivity contribution in [3.63, 3.8) is 0 Å². The molecule has 0 aliphatic carbocycles. The topological polar surface area (TPSA) is 52.7 Å². The van der Waals surface area contributed by atoms with E-state index in [1.54, 1.807) is 4.90 Å². The number of amides is 2. The molecule has 0 atom stereocenters. The van der Waals surface area contributed by atoms with Gasteiger partial charge in [-0.1, -0.05) is 18.2 Å². The SMILES string of the molecule is Cc1cc(C)cc(NC(=O)CC(=O)N2CCN(c3cccc(C)c3C)CC2)c1. The molecule has 1 aliphatic heterocycles. The Kier molecular flexibility index (Phi) is 6.02. The maximum absolute atomic E-state index is 12.5. The van der Waals surface area contributed by atoms with Crippen molar-refractivity contribution in [2.75, 3.05) is 36.4 Å². The zero-order valence-electron chi connectivity index (χ0n) is 17.2. The Labute approximate surface area is 167 Å². The fourth-order valence-corrected chi connectivity index (χ4v) is 3.78. The third kappa shape index (κ3) is 4.71. The van der Waals surface area contributed by atoms with Gasteiger partial charge < -0.3 is 15.1 Å². The third-order valence-electron chi connectivity index (χ3n) is 5.37. The van der Waals surface area contributed by atoms with E-state index >= 15 is 0 Å². The molecule has 0 bridgehead atoms. The number of anilines is 2. The summed E-state index contributed by atoms with van der Waals surface area (Å²) < 4.78 is 0. The van der Waals surface area contributed by atoms with E-state index in [-0.39, 0.29) is 18.2 Å². The lowest BCUT2D eigenvalue weighted by Crippen LogP contribution is -2.49. The number of piperazine rings is 1. The van der Waals surface area contributed by atoms with Crippen LogP contribution in [0.1, 0.15) is 28.7 Å². The van der Waals surface area contributed by atoms with E-state index in [4.69, 9.17) is 0 Å². The molecule has 1 heterocycles. The van der Waals surface area contributed by atoms with Crippen LogP contribution in [0.5, 0.6) is 0 Å². The van der Waals surface area contributed by atoms with Crippen molar-refractivity contribution >= 4 is 23.2 Å². The quantitative estimate of drug-likeness (QED) is 0.826. The summed E-state index contributed by atoms with van der Waals surface area (Å²) in [7, 11) is 0. The molecule has 1 saturated heterocycles. The predicted molar refractivity (Wildman–Crippen MR) is 114 cm³/mol. The molecular weight excluding hydrogens is 350 g/mol. The summed E-state index contributed by atoms with van der Waals surface area (Å²) in [5.41, 5.74) is 6.72. The Balaban J connectivity index is 1.53. The van der Waals surface area contributed by atoms with Crippen molar-refractivity contribution < 1.29 is 9.59 Å². The summed E-state index contributed by atoms with van der Waals surface area (Å²) >= 11 is 0. The van der Waals surface area contributed by atoms with Gasteiger partial charge in [-0.25, -0.2) is 0 Å². The van der Waals surface area contributed by atoms with Crippen LogP contribution in [-0.2, 0) is 9.59 Å². The highest BCUT2D eigenvalue weighted by Gasteiger charge is 2.23. The average molecular weight is 380 g/mol. The molecule has 1 N–H and O–H groups in total. The fraction of sp³-hybridized carbons (Fsp3) is 0.391. The second kappa shape index (κ2) is 8.46. The standard InChI is InChI=1S/C23H29N3O2/c1-16-12-17(2)14-20(13-16)24-22(27)15-23(28)26-10-8-25(9-11-26)21-7-5-6-18(3)19(21)4/h5-7,12-14H,8-11,15H2,1-4H3,(H,24,27). The molecule has 1 fully saturated rings. The van der Waals surface area contributed by atoms with Crippen molar-refractivity contribution in [2.24, 2.45) is 0 Å². The number of benzene rings is 2. The highest BCUT2D eigenvalue weighted by Crippen LogP contribution is 2.24. The van der Waals surface area contributed by atoms with Gasteiger partial charge in [0.15, 0.2) is 0 Å². The number of carbonyl (C=O) groups is 2. The number of nitrogens with zero attached hydrogens (tertiary/aromatic N) is 2. The van der Waals surface area contributed by atoms with Crippen LogP contribution in [0.2, 0.25) is 0 Å². The monoisotopic (exact) mass is 379 g/mol. The third-order valence-corrected chi connectivity index (χ3v) is 5.37. The van der Waals surface area contributed by atoms with E-state index in [2.05, 4.69) is 48.3 Å². The Morgan fingerprint density at radius 1 is 0.929 bits per heavy atom. The van der Waals surface area contributed by atoms with Crippen LogP contribution in [-0.4, -0.2) is 42.9 Å². The maximum Gasteiger partial charge on any atom is 0.233 e. The molecule has 0 radical (unpaired) electrons. The first-order valence-corrected chi connectivity index (χ1v) is 9.80. The van der Waals surface area contributed by atoms with Crippen LogP contribution in [0.4, 0.5) is 11.4 Å². The summed E-state index contributed by atoms with van der Waals surface area (Å²) in [5, 5.41) is 2.85. The number of hydrogen-bond acceptors (Lipinski definition) is 3. The van der Waals surface area contributed by atoms with Gasteiger partial charge in [0.2, 0.25) is 11.8 Å². The Hall–Kier alpha value is -2.82. The van der Waals surface area contributed by atoms with Crippen molar-refractivity contribution in [1.29, 1.82) is 0 Å². The maximum atomic E-state index is 12.5. The number of aryl methyl sites for hydroxylation is 3. The summed E-state index contributed by atoms with van der Waals surface area (Å²) in [6, 6.07) is 12.2. The van der Waals surface area contributed by atoms with Gasteiger partial charge in [0.05, 0.1) is 0 Å². The smallest absolute Gasteiger partial charge is 0.233 e. The Morgan fingerprint density at radius 2 is 1.57 bits per heavy atom. The first-order valence-electron chi connectivity index (χ1n) is 9.80. The van der Waals surface area contributed by atoms with Crippen molar-refractivity contribution in [3.8, 4) is 0 Å². The first-order chi connectivity index (χ1) is 13.3. The van der Waals surface area contributed by atoms with Gasteiger partial charge in [-0.2, -0.15) is 0 Å². The van der Waals surface area contributed by atoms with Gasteiger partial charge in [0.1, 0.15) is 6.42 Å². The van der Waals surface area contributed by atoms with Crippen molar-refractivity contribution in [1.82, 2.24) is 4.90 Å². The molecule has 3 rings (SSSR count). The zero-order chi connectivity index (χ0) is 20.3. The van der Waals surface area contributed by atoms with E-state index in [9.17, 15) is 9.59 Å². The van der Waals surface area contributed by atoms with Gasteiger partial charge in [0.25, 0.3) is 0 Å². The number of rotatable bonds is 4. The molecule has 0 saturated carbocycles. The van der Waals surface area contributed by atoms with Crippen LogP contribution in [0.3, 0.4) is 0 Å². The Morgan fingerprint density at radius 3 is 2.21 bits per heavy atom. The largest absolute Gasteiger partial charge is 0.368 e. The number of carbonyl (C=O) groups excluding carboxylic acids is 2. The lowest BCUT2D eigenvalue weighted by atomic mass is 10.1. The predicted octanol–water partition coefficient (Wildman–Crippen LogP) is 3.60. The van der Waals surface area contributed by atoms with E-state index < -0.39 is 0 Å². The van der Waals surface area contributed by atoms with Gasteiger partial charge in [0, 0.05) is 37.6 Å². The Bertz CT molecular complexity index is 863. The number of nitrogens with one attached hydrogen (secondary N) is 1. The van der Waals surface area contributed by atoms with Crippen LogP contribution in [0, 0.1) is 27.7 Å². The van der Waals surface area contributed by atoms with Crippen LogP contribution in [0.25, 0.3) is 0 Å². The first kappa shape index (κ1) is 19.9. The summed E-state index contributed by atoms with van der Waals surface area (Å²) in [5.74, 6) is -0.366. The van der Waals surface area contributed by atoms with Crippen molar-refractivity contribution in [3.05, 3.63) is 58.7 Å². The molecule has 0 unspecified atom stereocenters. The minimum absolute atomic E-state index is 0.109. The van der Waals surface area contributed by atoms with Gasteiger partial charge >= 0.3 is 0 Å². The van der Waals surface area contributed by atoms with Crippen LogP contribution in [0.15, 0.2) is 36.4 Å². The normalized spacial score (nSPS) is 14.1. The molecule has 0 aromatic heterocycles. The second-order valence-corrected chi connectivity index (χ2v) is 7.69. The van der Waals surface area contributed by atoms with Gasteiger partial charge in [-0.05, 0) is 68.1 Å². The molecular formula is C23H29N3O2. The summed E-state index contributed by atoms with van der Waals surface area (Å²) in [4.78, 5) is 28.9. The molecule has 2 amide bonds. The summed E-state index contributed by atoms with van der Waals surface area (Å²) in [6.45, 7) is 11.1. The van der Waals surface area contributed by atoms with E-state index in [1.807, 2.05) is 26.0 Å². The lowest BCUT2D eigenvalue weighted by Gasteiger charge is -2.37. The molecule has 28 heavy (non-hydrogen) atoms. The van der Waals surface area contributed by atoms with Gasteiger partial charge in [-0.15, -0.1) is 0 Å². The van der Waals surface area contributed by atoms with Gasteiger partial charge in [-0.3, -0.25) is 9.59 Å². The fourth-order valence-electron chi connectivity index (χ4n) is 3.78. The van der Waals surface area contributed by atoms with E-state index in [0.717, 1.165) is 29.9 Å². The molecule has 2 aromatic carbocycles. The highest BCUT2D eigenvalue weighted by molar-refractivity contribution is 6.03. The lowest BCUT2D eigenvalue weighted by molar-refractivity contribution is -0.134. The molecule has 0 spiro atoms. The zero-order valence-corrected chi connectivity index (χ0v) is 17.2. The summed E-state index contributed by atoms with van der Waals surface area (Å²) in [6.07, 6.45) is -0.115. The minimum atomic E-state index is -0.257. The van der Waals surface area contributed by atoms with Crippen LogP contribution >= 0.6 is 0 Å². The average Bonchev–Trinajstić information content (AvgIpc) is 2.63. The van der Waals surface area contributed by atoms with Crippen LogP contribution < -0.4 is 10.2 Å². The highest BCUT2D eigenvalue weighted by atomic mass is 16.2. The minimum Gasteiger partial charge on any atom is -0.368 e.